The molecule has 120 valence electrons. The summed E-state index contributed by atoms with van der Waals surface area (Å²) < 4.78 is 13.1. The summed E-state index contributed by atoms with van der Waals surface area (Å²) in [6.45, 7) is 5.74. The molecule has 0 aromatic carbocycles. The SMILES string of the molecule is CC1(C)OCC(CCn2c(Cl)nc3c(Cl)nc(N)nc32)CO1. The van der Waals surface area contributed by atoms with Gasteiger partial charge in [0.05, 0.1) is 13.2 Å². The minimum Gasteiger partial charge on any atom is -0.368 e. The molecule has 7 nitrogen and oxygen atoms in total. The van der Waals surface area contributed by atoms with E-state index in [0.29, 0.717) is 36.2 Å². The highest BCUT2D eigenvalue weighted by atomic mass is 35.5. The lowest BCUT2D eigenvalue weighted by atomic mass is 10.1. The zero-order valence-electron chi connectivity index (χ0n) is 12.3. The molecular weight excluding hydrogens is 329 g/mol. The highest BCUT2D eigenvalue weighted by Crippen LogP contribution is 2.27. The van der Waals surface area contributed by atoms with Crippen LogP contribution in [0.25, 0.3) is 11.2 Å². The van der Waals surface area contributed by atoms with E-state index in [4.69, 9.17) is 38.4 Å². The number of aryl methyl sites for hydroxylation is 1. The first-order valence-corrected chi connectivity index (χ1v) is 7.74. The summed E-state index contributed by atoms with van der Waals surface area (Å²) in [6, 6.07) is 0. The molecule has 1 aliphatic heterocycles. The van der Waals surface area contributed by atoms with Gasteiger partial charge in [-0.05, 0) is 31.9 Å². The van der Waals surface area contributed by atoms with Gasteiger partial charge in [0.2, 0.25) is 11.2 Å². The summed E-state index contributed by atoms with van der Waals surface area (Å²) in [5.41, 5.74) is 6.64. The van der Waals surface area contributed by atoms with E-state index < -0.39 is 5.79 Å². The van der Waals surface area contributed by atoms with Gasteiger partial charge in [-0.2, -0.15) is 9.97 Å². The Labute approximate surface area is 137 Å². The molecule has 1 fully saturated rings. The molecule has 0 amide bonds. The number of hydrogen-bond acceptors (Lipinski definition) is 6. The van der Waals surface area contributed by atoms with E-state index in [1.165, 1.54) is 0 Å². The predicted molar refractivity (Wildman–Crippen MR) is 83.8 cm³/mol. The van der Waals surface area contributed by atoms with Crippen molar-refractivity contribution in [1.29, 1.82) is 0 Å². The molecule has 9 heteroatoms. The van der Waals surface area contributed by atoms with Gasteiger partial charge in [0.1, 0.15) is 5.52 Å². The maximum absolute atomic E-state index is 6.18. The molecule has 2 aromatic heterocycles. The van der Waals surface area contributed by atoms with E-state index in [1.807, 2.05) is 13.8 Å². The largest absolute Gasteiger partial charge is 0.368 e. The number of anilines is 1. The van der Waals surface area contributed by atoms with Crippen molar-refractivity contribution in [2.24, 2.45) is 5.92 Å². The van der Waals surface area contributed by atoms with Crippen molar-refractivity contribution in [1.82, 2.24) is 19.5 Å². The molecule has 0 spiro atoms. The molecule has 1 aliphatic rings. The Bertz CT molecular complexity index is 693. The van der Waals surface area contributed by atoms with Crippen LogP contribution in [0.5, 0.6) is 0 Å². The third-order valence-corrected chi connectivity index (χ3v) is 4.17. The van der Waals surface area contributed by atoms with E-state index in [2.05, 4.69) is 15.0 Å². The molecule has 2 aromatic rings. The van der Waals surface area contributed by atoms with Crippen LogP contribution in [0.4, 0.5) is 5.95 Å². The van der Waals surface area contributed by atoms with Gasteiger partial charge in [0, 0.05) is 12.5 Å². The number of aromatic nitrogens is 4. The second kappa shape index (κ2) is 5.81. The molecule has 2 N–H and O–H groups in total. The van der Waals surface area contributed by atoms with Crippen molar-refractivity contribution >= 4 is 40.3 Å². The number of imidazole rings is 1. The molecule has 3 rings (SSSR count). The predicted octanol–water partition coefficient (Wildman–Crippen LogP) is 2.50. The molecule has 0 radical (unpaired) electrons. The van der Waals surface area contributed by atoms with Gasteiger partial charge < -0.3 is 15.2 Å². The van der Waals surface area contributed by atoms with Crippen molar-refractivity contribution in [3.63, 3.8) is 0 Å². The number of ether oxygens (including phenoxy) is 2. The normalized spacial score (nSPS) is 18.9. The zero-order valence-corrected chi connectivity index (χ0v) is 13.9. The first-order valence-electron chi connectivity index (χ1n) is 6.98. The maximum atomic E-state index is 6.18. The monoisotopic (exact) mass is 345 g/mol. The standard InChI is InChI=1S/C13H17Cl2N5O2/c1-13(2)21-5-7(6-22-13)3-4-20-10-8(17-11(20)15)9(14)18-12(16)19-10/h7H,3-6H2,1-2H3,(H2,16,18,19). The van der Waals surface area contributed by atoms with Crippen LogP contribution in [0, 0.1) is 5.92 Å². The molecule has 3 heterocycles. The molecule has 22 heavy (non-hydrogen) atoms. The number of nitrogen functional groups attached to an aromatic ring is 1. The molecule has 0 unspecified atom stereocenters. The van der Waals surface area contributed by atoms with Crippen LogP contribution in [0.15, 0.2) is 0 Å². The first-order chi connectivity index (χ1) is 10.4. The molecule has 1 saturated heterocycles. The van der Waals surface area contributed by atoms with E-state index >= 15 is 0 Å². The Hall–Kier alpha value is -1.15. The fraction of sp³-hybridized carbons (Fsp3) is 0.615. The number of hydrogen-bond donors (Lipinski definition) is 1. The number of halogens is 2. The van der Waals surface area contributed by atoms with Crippen molar-refractivity contribution < 1.29 is 9.47 Å². The van der Waals surface area contributed by atoms with E-state index in [0.717, 1.165) is 6.42 Å². The van der Waals surface area contributed by atoms with Crippen LogP contribution in [-0.4, -0.2) is 38.5 Å². The van der Waals surface area contributed by atoms with Gasteiger partial charge in [0.15, 0.2) is 16.6 Å². The van der Waals surface area contributed by atoms with Crippen LogP contribution < -0.4 is 5.73 Å². The summed E-state index contributed by atoms with van der Waals surface area (Å²) in [5.74, 6) is -0.122. The lowest BCUT2D eigenvalue weighted by Crippen LogP contribution is -2.39. The molecular formula is C13H17Cl2N5O2. The van der Waals surface area contributed by atoms with Crippen LogP contribution >= 0.6 is 23.2 Å². The number of nitrogens with zero attached hydrogens (tertiary/aromatic N) is 4. The van der Waals surface area contributed by atoms with Crippen molar-refractivity contribution in [2.75, 3.05) is 18.9 Å². The number of fused-ring (bicyclic) bond motifs is 1. The topological polar surface area (TPSA) is 88.1 Å². The van der Waals surface area contributed by atoms with Gasteiger partial charge in [-0.3, -0.25) is 4.57 Å². The minimum atomic E-state index is -0.509. The Morgan fingerprint density at radius 2 is 1.91 bits per heavy atom. The van der Waals surface area contributed by atoms with Gasteiger partial charge >= 0.3 is 0 Å². The molecule has 0 bridgehead atoms. The summed E-state index contributed by atoms with van der Waals surface area (Å²) >= 11 is 12.2. The molecule has 0 saturated carbocycles. The maximum Gasteiger partial charge on any atom is 0.223 e. The van der Waals surface area contributed by atoms with Crippen molar-refractivity contribution in [2.45, 2.75) is 32.6 Å². The van der Waals surface area contributed by atoms with Crippen LogP contribution in [-0.2, 0) is 16.0 Å². The molecule has 0 atom stereocenters. The van der Waals surface area contributed by atoms with Crippen molar-refractivity contribution in [3.8, 4) is 0 Å². The number of nitrogens with two attached hydrogens (primary N) is 1. The average molecular weight is 346 g/mol. The highest BCUT2D eigenvalue weighted by molar-refractivity contribution is 6.34. The first kappa shape index (κ1) is 15.7. The van der Waals surface area contributed by atoms with E-state index in [9.17, 15) is 0 Å². The van der Waals surface area contributed by atoms with Crippen LogP contribution in [0.1, 0.15) is 20.3 Å². The zero-order chi connectivity index (χ0) is 15.9. The summed E-state index contributed by atoms with van der Waals surface area (Å²) in [4.78, 5) is 12.3. The van der Waals surface area contributed by atoms with Crippen LogP contribution in [0.3, 0.4) is 0 Å². The second-order valence-corrected chi connectivity index (χ2v) is 6.45. The van der Waals surface area contributed by atoms with Gasteiger partial charge in [0.25, 0.3) is 0 Å². The Morgan fingerprint density at radius 3 is 2.59 bits per heavy atom. The minimum absolute atomic E-state index is 0.0985. The lowest BCUT2D eigenvalue weighted by molar-refractivity contribution is -0.262. The molecule has 0 aliphatic carbocycles. The highest BCUT2D eigenvalue weighted by Gasteiger charge is 2.28. The van der Waals surface area contributed by atoms with E-state index in [-0.39, 0.29) is 17.0 Å². The average Bonchev–Trinajstić information content (AvgIpc) is 2.74. The number of rotatable bonds is 3. The smallest absolute Gasteiger partial charge is 0.223 e. The lowest BCUT2D eigenvalue weighted by Gasteiger charge is -2.35. The third kappa shape index (κ3) is 3.12. The summed E-state index contributed by atoms with van der Waals surface area (Å²) in [5, 5.41) is 0.518. The summed E-state index contributed by atoms with van der Waals surface area (Å²) in [6.07, 6.45) is 0.822. The van der Waals surface area contributed by atoms with Gasteiger partial charge in [-0.25, -0.2) is 4.98 Å². The fourth-order valence-electron chi connectivity index (χ4n) is 2.36. The Kier molecular flexibility index (Phi) is 4.15. The van der Waals surface area contributed by atoms with Crippen LogP contribution in [0.2, 0.25) is 10.4 Å². The fourth-order valence-corrected chi connectivity index (χ4v) is 2.82. The summed E-state index contributed by atoms with van der Waals surface area (Å²) in [7, 11) is 0. The van der Waals surface area contributed by atoms with Gasteiger partial charge in [-0.1, -0.05) is 11.6 Å². The Morgan fingerprint density at radius 1 is 1.23 bits per heavy atom. The van der Waals surface area contributed by atoms with Crippen molar-refractivity contribution in [3.05, 3.63) is 10.4 Å². The van der Waals surface area contributed by atoms with Gasteiger partial charge in [-0.15, -0.1) is 0 Å². The quantitative estimate of drug-likeness (QED) is 0.679. The second-order valence-electron chi connectivity index (χ2n) is 5.75. The third-order valence-electron chi connectivity index (χ3n) is 3.62. The Balaban J connectivity index is 1.76. The van der Waals surface area contributed by atoms with E-state index in [1.54, 1.807) is 4.57 Å².